The Morgan fingerprint density at radius 3 is 2.18 bits per heavy atom. The maximum atomic E-state index is 13.4. The van der Waals surface area contributed by atoms with Gasteiger partial charge in [0.1, 0.15) is 12.6 Å². The smallest absolute Gasteiger partial charge is 0.244 e. The molecule has 0 heterocycles. The first-order valence-electron chi connectivity index (χ1n) is 10.1. The average molecular weight is 579 g/mol. The first-order chi connectivity index (χ1) is 15.3. The Labute approximate surface area is 213 Å². The van der Waals surface area contributed by atoms with Crippen molar-refractivity contribution in [1.29, 1.82) is 0 Å². The molecule has 0 aliphatic heterocycles. The van der Waals surface area contributed by atoms with Crippen molar-refractivity contribution in [3.05, 3.63) is 62.5 Å². The summed E-state index contributed by atoms with van der Waals surface area (Å²) in [5, 5.41) is 3.22. The molecule has 2 aromatic carbocycles. The summed E-state index contributed by atoms with van der Waals surface area (Å²) in [4.78, 5) is 27.5. The molecule has 0 spiro atoms. The lowest BCUT2D eigenvalue weighted by Crippen LogP contribution is -2.52. The third-order valence-corrected chi connectivity index (χ3v) is 6.91. The van der Waals surface area contributed by atoms with Crippen molar-refractivity contribution in [2.75, 3.05) is 17.1 Å². The van der Waals surface area contributed by atoms with E-state index in [0.717, 1.165) is 20.6 Å². The van der Waals surface area contributed by atoms with Gasteiger partial charge in [-0.1, -0.05) is 51.3 Å². The van der Waals surface area contributed by atoms with Crippen molar-refractivity contribution in [2.45, 2.75) is 39.4 Å². The molecule has 1 N–H and O–H groups in total. The van der Waals surface area contributed by atoms with E-state index in [1.54, 1.807) is 6.92 Å². The molecule has 0 aromatic heterocycles. The molecule has 1 unspecified atom stereocenters. The molecular weight excluding hydrogens is 553 g/mol. The van der Waals surface area contributed by atoms with Crippen LogP contribution in [0.3, 0.4) is 0 Å². The number of hydrogen-bond donors (Lipinski definition) is 1. The van der Waals surface area contributed by atoms with Gasteiger partial charge in [-0.3, -0.25) is 13.9 Å². The van der Waals surface area contributed by atoms with Crippen molar-refractivity contribution in [1.82, 2.24) is 10.2 Å². The molecule has 0 saturated carbocycles. The largest absolute Gasteiger partial charge is 0.352 e. The third kappa shape index (κ3) is 7.88. The minimum absolute atomic E-state index is 0.0887. The fourth-order valence-electron chi connectivity index (χ4n) is 3.05. The van der Waals surface area contributed by atoms with E-state index in [0.29, 0.717) is 5.02 Å². The molecular formula is C22H26BrCl2N3O4S. The fourth-order valence-corrected chi connectivity index (χ4v) is 4.74. The van der Waals surface area contributed by atoms with Crippen LogP contribution in [0.1, 0.15) is 26.3 Å². The minimum Gasteiger partial charge on any atom is -0.352 e. The van der Waals surface area contributed by atoms with E-state index in [-0.39, 0.29) is 29.2 Å². The van der Waals surface area contributed by atoms with E-state index < -0.39 is 28.5 Å². The SMILES string of the molecule is CC(C)NC(=O)C(C)N(Cc1ccc(Br)cc1)C(=O)CN(c1ccc(Cl)cc1Cl)S(C)(=O)=O. The van der Waals surface area contributed by atoms with Gasteiger partial charge in [0.2, 0.25) is 21.8 Å². The first kappa shape index (κ1) is 27.4. The predicted molar refractivity (Wildman–Crippen MR) is 136 cm³/mol. The molecule has 2 amide bonds. The van der Waals surface area contributed by atoms with E-state index in [2.05, 4.69) is 21.2 Å². The van der Waals surface area contributed by atoms with Crippen molar-refractivity contribution in [2.24, 2.45) is 0 Å². The zero-order chi connectivity index (χ0) is 24.9. The standard InChI is InChI=1S/C22H26BrCl2N3O4S/c1-14(2)26-22(30)15(3)27(12-16-5-7-17(23)8-6-16)21(29)13-28(33(4,31)32)20-10-9-18(24)11-19(20)25/h5-11,14-15H,12-13H2,1-4H3,(H,26,30). The normalized spacial score (nSPS) is 12.4. The molecule has 7 nitrogen and oxygen atoms in total. The van der Waals surface area contributed by atoms with Gasteiger partial charge in [-0.15, -0.1) is 0 Å². The van der Waals surface area contributed by atoms with Crippen molar-refractivity contribution >= 4 is 66.7 Å². The molecule has 2 aromatic rings. The number of nitrogens with one attached hydrogen (secondary N) is 1. The monoisotopic (exact) mass is 577 g/mol. The number of carbonyl (C=O) groups is 2. The summed E-state index contributed by atoms with van der Waals surface area (Å²) in [6.45, 7) is 4.83. The van der Waals surface area contributed by atoms with Crippen LogP contribution in [0.2, 0.25) is 10.0 Å². The van der Waals surface area contributed by atoms with Crippen LogP contribution < -0.4 is 9.62 Å². The second-order valence-electron chi connectivity index (χ2n) is 7.85. The number of anilines is 1. The number of benzene rings is 2. The van der Waals surface area contributed by atoms with Crippen LogP contribution in [0.4, 0.5) is 5.69 Å². The Bertz CT molecular complexity index is 1110. The summed E-state index contributed by atoms with van der Waals surface area (Å²) < 4.78 is 26.9. The number of halogens is 3. The second-order valence-corrected chi connectivity index (χ2v) is 11.5. The zero-order valence-corrected chi connectivity index (χ0v) is 22.6. The first-order valence-corrected chi connectivity index (χ1v) is 13.5. The Morgan fingerprint density at radius 1 is 1.06 bits per heavy atom. The third-order valence-electron chi connectivity index (χ3n) is 4.72. The number of carbonyl (C=O) groups excluding carboxylic acids is 2. The fraction of sp³-hybridized carbons (Fsp3) is 0.364. The quantitative estimate of drug-likeness (QED) is 0.476. The molecule has 33 heavy (non-hydrogen) atoms. The van der Waals surface area contributed by atoms with Crippen molar-refractivity contribution in [3.63, 3.8) is 0 Å². The van der Waals surface area contributed by atoms with Crippen LogP contribution in [-0.4, -0.2) is 50.0 Å². The second kappa shape index (κ2) is 11.6. The van der Waals surface area contributed by atoms with Gasteiger partial charge in [0.05, 0.1) is 17.0 Å². The van der Waals surface area contributed by atoms with E-state index >= 15 is 0 Å². The van der Waals surface area contributed by atoms with Crippen LogP contribution in [-0.2, 0) is 26.2 Å². The average Bonchev–Trinajstić information content (AvgIpc) is 2.70. The van der Waals surface area contributed by atoms with Gasteiger partial charge in [0.15, 0.2) is 0 Å². The topological polar surface area (TPSA) is 86.8 Å². The highest BCUT2D eigenvalue weighted by Gasteiger charge is 2.31. The molecule has 2 rings (SSSR count). The lowest BCUT2D eigenvalue weighted by Gasteiger charge is -2.32. The molecule has 1 atom stereocenters. The van der Waals surface area contributed by atoms with Crippen molar-refractivity contribution < 1.29 is 18.0 Å². The van der Waals surface area contributed by atoms with Crippen LogP contribution in [0.5, 0.6) is 0 Å². The van der Waals surface area contributed by atoms with Crippen LogP contribution in [0.25, 0.3) is 0 Å². The van der Waals surface area contributed by atoms with E-state index in [9.17, 15) is 18.0 Å². The Balaban J connectivity index is 2.41. The van der Waals surface area contributed by atoms with Gasteiger partial charge in [-0.25, -0.2) is 8.42 Å². The number of rotatable bonds is 9. The van der Waals surface area contributed by atoms with Gasteiger partial charge in [0, 0.05) is 22.1 Å². The van der Waals surface area contributed by atoms with Gasteiger partial charge in [-0.05, 0) is 56.7 Å². The highest BCUT2D eigenvalue weighted by molar-refractivity contribution is 9.10. The van der Waals surface area contributed by atoms with E-state index in [1.807, 2.05) is 38.1 Å². The number of hydrogen-bond acceptors (Lipinski definition) is 4. The number of nitrogens with zero attached hydrogens (tertiary/aromatic N) is 2. The predicted octanol–water partition coefficient (Wildman–Crippen LogP) is 4.46. The van der Waals surface area contributed by atoms with Gasteiger partial charge < -0.3 is 10.2 Å². The molecule has 0 aliphatic rings. The van der Waals surface area contributed by atoms with Crippen molar-refractivity contribution in [3.8, 4) is 0 Å². The summed E-state index contributed by atoms with van der Waals surface area (Å²) >= 11 is 15.5. The maximum absolute atomic E-state index is 13.4. The highest BCUT2D eigenvalue weighted by Crippen LogP contribution is 2.30. The molecule has 0 radical (unpaired) electrons. The van der Waals surface area contributed by atoms with Gasteiger partial charge >= 0.3 is 0 Å². The summed E-state index contributed by atoms with van der Waals surface area (Å²) in [6, 6.07) is 10.7. The maximum Gasteiger partial charge on any atom is 0.244 e. The zero-order valence-electron chi connectivity index (χ0n) is 18.7. The highest BCUT2D eigenvalue weighted by atomic mass is 79.9. The van der Waals surface area contributed by atoms with Gasteiger partial charge in [0.25, 0.3) is 0 Å². The molecule has 0 aliphatic carbocycles. The lowest BCUT2D eigenvalue weighted by atomic mass is 10.1. The van der Waals surface area contributed by atoms with Crippen LogP contribution >= 0.6 is 39.1 Å². The molecule has 0 bridgehead atoms. The molecule has 0 saturated heterocycles. The lowest BCUT2D eigenvalue weighted by molar-refractivity contribution is -0.139. The summed E-state index contributed by atoms with van der Waals surface area (Å²) in [5.74, 6) is -0.897. The number of sulfonamides is 1. The Morgan fingerprint density at radius 2 is 1.67 bits per heavy atom. The Hall–Kier alpha value is -1.81. The summed E-state index contributed by atoms with van der Waals surface area (Å²) in [6.07, 6.45) is 0.985. The van der Waals surface area contributed by atoms with Crippen LogP contribution in [0.15, 0.2) is 46.9 Å². The molecule has 180 valence electrons. The van der Waals surface area contributed by atoms with E-state index in [4.69, 9.17) is 23.2 Å². The summed E-state index contributed by atoms with van der Waals surface area (Å²) in [7, 11) is -3.87. The summed E-state index contributed by atoms with van der Waals surface area (Å²) in [5.41, 5.74) is 0.908. The minimum atomic E-state index is -3.87. The molecule has 11 heteroatoms. The number of amides is 2. The Kier molecular flexibility index (Phi) is 9.60. The molecule has 0 fully saturated rings. The van der Waals surface area contributed by atoms with E-state index in [1.165, 1.54) is 23.1 Å². The van der Waals surface area contributed by atoms with Crippen LogP contribution in [0, 0.1) is 0 Å². The van der Waals surface area contributed by atoms with Gasteiger partial charge in [-0.2, -0.15) is 0 Å².